The Morgan fingerprint density at radius 2 is 1.66 bits per heavy atom. The van der Waals surface area contributed by atoms with Gasteiger partial charge in [-0.1, -0.05) is 32.4 Å². The third-order valence-electron chi connectivity index (χ3n) is 14.4. The SMILES string of the molecule is CC[C@H]1OC(=O)[C@H](C)[C@@H](O)[C@H](C)[C@@H](O[C@@H]2O[C@H](C)C[C@H](N(C)C)[C@H]2O)[C@](C)(O)C[C@@H](C)CN(CCCNC(=O)Cc2c(C)n(C(=O)c3ccc(Cl)cc3)c3ccc(OC)cc23)[C@H](C)[C@@H](O)[C@]1(C)O. The molecule has 17 heteroatoms. The van der Waals surface area contributed by atoms with Crippen LogP contribution in [-0.4, -0.2) is 165 Å². The van der Waals surface area contributed by atoms with E-state index in [1.54, 1.807) is 82.7 Å². The number of aliphatic hydroxyl groups is 5. The average Bonchev–Trinajstić information content (AvgIpc) is 3.55. The highest BCUT2D eigenvalue weighted by atomic mass is 35.5. The van der Waals surface area contributed by atoms with Crippen molar-refractivity contribution in [2.45, 2.75) is 161 Å². The molecule has 6 N–H and O–H groups in total. The Morgan fingerprint density at radius 3 is 2.28 bits per heavy atom. The number of carbonyl (C=O) groups is 3. The minimum absolute atomic E-state index is 0.0199. The van der Waals surface area contributed by atoms with E-state index >= 15 is 0 Å². The number of esters is 1. The Morgan fingerprint density at radius 1 is 1.00 bits per heavy atom. The van der Waals surface area contributed by atoms with Crippen molar-refractivity contribution in [3.05, 3.63) is 64.3 Å². The third-order valence-corrected chi connectivity index (χ3v) is 14.7. The lowest BCUT2D eigenvalue weighted by Gasteiger charge is -2.46. The van der Waals surface area contributed by atoms with Crippen LogP contribution in [0.4, 0.5) is 0 Å². The minimum Gasteiger partial charge on any atom is -0.497 e. The quantitative estimate of drug-likeness (QED) is 0.107. The van der Waals surface area contributed by atoms with Crippen molar-refractivity contribution in [1.29, 1.82) is 0 Å². The third kappa shape index (κ3) is 12.4. The van der Waals surface area contributed by atoms with Crippen molar-refractivity contribution in [2.24, 2.45) is 17.8 Å². The maximum Gasteiger partial charge on any atom is 0.311 e. The lowest BCUT2D eigenvalue weighted by Crippen LogP contribution is -2.59. The Kier molecular flexibility index (Phi) is 18.7. The summed E-state index contributed by atoms with van der Waals surface area (Å²) < 4.78 is 25.7. The number of nitrogens with zero attached hydrogens (tertiary/aromatic N) is 3. The summed E-state index contributed by atoms with van der Waals surface area (Å²) in [5.41, 5.74) is -1.22. The molecule has 2 aliphatic rings. The molecule has 16 nitrogen and oxygen atoms in total. The first-order chi connectivity index (χ1) is 31.8. The summed E-state index contributed by atoms with van der Waals surface area (Å²) in [6, 6.07) is 11.0. The predicted molar refractivity (Wildman–Crippen MR) is 260 cm³/mol. The number of benzene rings is 2. The number of aromatic nitrogens is 1. The molecule has 0 radical (unpaired) electrons. The number of ether oxygens (including phenoxy) is 4. The second-order valence-corrected chi connectivity index (χ2v) is 20.6. The van der Waals surface area contributed by atoms with E-state index in [0.29, 0.717) is 64.4 Å². The first-order valence-electron chi connectivity index (χ1n) is 24.0. The fourth-order valence-electron chi connectivity index (χ4n) is 10.4. The van der Waals surface area contributed by atoms with Crippen LogP contribution in [0.5, 0.6) is 5.75 Å². The number of methoxy groups -OCH3 is 1. The lowest BCUT2D eigenvalue weighted by molar-refractivity contribution is -0.299. The van der Waals surface area contributed by atoms with E-state index in [4.69, 9.17) is 30.5 Å². The van der Waals surface area contributed by atoms with Gasteiger partial charge in [0.25, 0.3) is 5.91 Å². The molecule has 3 heterocycles. The first kappa shape index (κ1) is 55.2. The number of aliphatic hydroxyl groups excluding tert-OH is 3. The first-order valence-corrected chi connectivity index (χ1v) is 24.4. The van der Waals surface area contributed by atoms with E-state index in [9.17, 15) is 39.9 Å². The summed E-state index contributed by atoms with van der Waals surface area (Å²) in [6.07, 6.45) is -6.37. The molecule has 2 aliphatic heterocycles. The van der Waals surface area contributed by atoms with Gasteiger partial charge < -0.3 is 54.7 Å². The minimum atomic E-state index is -1.92. The molecule has 0 unspecified atom stereocenters. The Bertz CT molecular complexity index is 2180. The molecule has 68 heavy (non-hydrogen) atoms. The van der Waals surface area contributed by atoms with Crippen molar-refractivity contribution < 1.29 is 58.9 Å². The molecule has 14 atom stereocenters. The van der Waals surface area contributed by atoms with Crippen LogP contribution in [0, 0.1) is 24.7 Å². The van der Waals surface area contributed by atoms with Gasteiger partial charge in [0.1, 0.15) is 29.7 Å². The van der Waals surface area contributed by atoms with Gasteiger partial charge in [-0.3, -0.25) is 23.9 Å². The molecule has 2 fully saturated rings. The fraction of sp³-hybridized carbons (Fsp3) is 0.667. The van der Waals surface area contributed by atoms with Crippen LogP contribution in [0.1, 0.15) is 103 Å². The van der Waals surface area contributed by atoms with Crippen LogP contribution in [0.15, 0.2) is 42.5 Å². The highest BCUT2D eigenvalue weighted by Gasteiger charge is 2.50. The lowest BCUT2D eigenvalue weighted by atomic mass is 9.78. The van der Waals surface area contributed by atoms with Crippen molar-refractivity contribution in [2.75, 3.05) is 40.8 Å². The van der Waals surface area contributed by atoms with E-state index in [0.717, 1.165) is 0 Å². The summed E-state index contributed by atoms with van der Waals surface area (Å²) in [6.45, 7) is 16.3. The van der Waals surface area contributed by atoms with Gasteiger partial charge in [-0.05, 0) is 135 Å². The maximum absolute atomic E-state index is 13.8. The average molecular weight is 974 g/mol. The Balaban J connectivity index is 1.39. The summed E-state index contributed by atoms with van der Waals surface area (Å²) in [4.78, 5) is 45.2. The molecule has 380 valence electrons. The van der Waals surface area contributed by atoms with Gasteiger partial charge in [0.05, 0.1) is 48.9 Å². The molecular formula is C51H77ClN4O12. The summed E-state index contributed by atoms with van der Waals surface area (Å²) in [5.74, 6) is -3.05. The molecule has 1 aromatic heterocycles. The van der Waals surface area contributed by atoms with E-state index in [2.05, 4.69) is 5.32 Å². The maximum atomic E-state index is 13.8. The fourth-order valence-corrected chi connectivity index (χ4v) is 10.6. The number of rotatable bonds is 12. The number of carbonyl (C=O) groups excluding carboxylic acids is 3. The number of amides is 1. The van der Waals surface area contributed by atoms with Gasteiger partial charge in [0.2, 0.25) is 5.91 Å². The zero-order valence-electron chi connectivity index (χ0n) is 41.9. The Labute approximate surface area is 406 Å². The zero-order valence-corrected chi connectivity index (χ0v) is 42.7. The monoisotopic (exact) mass is 973 g/mol. The van der Waals surface area contributed by atoms with Crippen molar-refractivity contribution in [1.82, 2.24) is 19.7 Å². The summed E-state index contributed by atoms with van der Waals surface area (Å²) >= 11 is 6.10. The molecule has 0 bridgehead atoms. The van der Waals surface area contributed by atoms with E-state index in [1.165, 1.54) is 13.8 Å². The Hall–Kier alpha value is -3.68. The van der Waals surface area contributed by atoms with Crippen molar-refractivity contribution in [3.8, 4) is 5.75 Å². The molecular weight excluding hydrogens is 896 g/mol. The van der Waals surface area contributed by atoms with E-state index in [-0.39, 0.29) is 55.7 Å². The highest BCUT2D eigenvalue weighted by molar-refractivity contribution is 6.30. The van der Waals surface area contributed by atoms with Crippen molar-refractivity contribution >= 4 is 40.3 Å². The van der Waals surface area contributed by atoms with Crippen LogP contribution in [0.25, 0.3) is 10.9 Å². The number of fused-ring (bicyclic) bond motifs is 1. The molecule has 1 amide bonds. The van der Waals surface area contributed by atoms with Crippen LogP contribution < -0.4 is 10.1 Å². The van der Waals surface area contributed by atoms with Gasteiger partial charge in [0.15, 0.2) is 6.29 Å². The van der Waals surface area contributed by atoms with E-state index < -0.39 is 71.9 Å². The standard InChI is InChI=1S/C51H77ClN4O12/c1-13-41-51(9,64)45(60)33(7)55(22-14-21-53-42(57)25-37-32(6)56(39-20-19-36(65-12)24-38(37)39)47(61)34-15-17-35(52)18-16-34)27-28(2)26-50(8,63)46(30(4)43(58)31(5)48(62)67-41)68-49-44(59)40(54(10)11)23-29(3)66-49/h15-20,24,28-31,33,40-41,43-46,49,58-60,63-64H,13-14,21-23,25-27H2,1-12H3,(H,53,57)/t28-,29-,30+,31-,33-,40+,41-,43+,44-,45-,46-,49+,50-,51-/m1/s1. The second kappa shape index (κ2) is 23.0. The van der Waals surface area contributed by atoms with Crippen LogP contribution in [-0.2, 0) is 30.2 Å². The molecule has 0 spiro atoms. The van der Waals surface area contributed by atoms with Crippen LogP contribution in [0.2, 0.25) is 5.02 Å². The van der Waals surface area contributed by atoms with Gasteiger partial charge in [-0.15, -0.1) is 0 Å². The molecule has 0 saturated carbocycles. The van der Waals surface area contributed by atoms with Gasteiger partial charge in [-0.2, -0.15) is 0 Å². The number of hydrogen-bond donors (Lipinski definition) is 6. The number of nitrogens with one attached hydrogen (secondary N) is 1. The number of hydrogen-bond acceptors (Lipinski definition) is 14. The molecule has 2 saturated heterocycles. The molecule has 5 rings (SSSR count). The van der Waals surface area contributed by atoms with Gasteiger partial charge in [0, 0.05) is 59.3 Å². The summed E-state index contributed by atoms with van der Waals surface area (Å²) in [5, 5.41) is 63.9. The van der Waals surface area contributed by atoms with Gasteiger partial charge >= 0.3 is 5.97 Å². The second-order valence-electron chi connectivity index (χ2n) is 20.1. The molecule has 3 aromatic rings. The van der Waals surface area contributed by atoms with Crippen LogP contribution in [0.3, 0.4) is 0 Å². The number of halogens is 1. The summed E-state index contributed by atoms with van der Waals surface area (Å²) in [7, 11) is 5.27. The zero-order chi connectivity index (χ0) is 50.6. The largest absolute Gasteiger partial charge is 0.497 e. The topological polar surface area (TPSA) is 213 Å². The predicted octanol–water partition coefficient (Wildman–Crippen LogP) is 4.71. The number of likely N-dealkylation sites (N-methyl/N-ethyl adjacent to an activating group) is 1. The van der Waals surface area contributed by atoms with Crippen LogP contribution >= 0.6 is 11.6 Å². The van der Waals surface area contributed by atoms with E-state index in [1.807, 2.05) is 43.8 Å². The highest BCUT2D eigenvalue weighted by Crippen LogP contribution is 2.37. The normalized spacial score (nSPS) is 33.7. The number of cyclic esters (lactones) is 1. The van der Waals surface area contributed by atoms with Crippen molar-refractivity contribution in [3.63, 3.8) is 0 Å². The molecule has 0 aliphatic carbocycles. The molecule has 2 aromatic carbocycles. The smallest absolute Gasteiger partial charge is 0.311 e. The van der Waals surface area contributed by atoms with Gasteiger partial charge in [-0.25, -0.2) is 0 Å².